The van der Waals surface area contributed by atoms with Crippen molar-refractivity contribution in [1.29, 1.82) is 0 Å². The Morgan fingerprint density at radius 3 is 2.44 bits per heavy atom. The summed E-state index contributed by atoms with van der Waals surface area (Å²) in [7, 11) is 1.62. The van der Waals surface area contributed by atoms with E-state index in [1.165, 1.54) is 0 Å². The van der Waals surface area contributed by atoms with Crippen molar-refractivity contribution in [3.63, 3.8) is 0 Å². The van der Waals surface area contributed by atoms with Gasteiger partial charge in [0.2, 0.25) is 0 Å². The standard InChI is InChI=1S/C19H20BrN3O3S/c1-26-12-4-11-21-17(24)13-7-9-14(10-8-13)22-19(27)23-18(25)15-5-2-3-6-16(15)20/h2-3,5-10H,4,11-12H2,1H3,(H,21,24)(H2,22,23,25,27). The summed E-state index contributed by atoms with van der Waals surface area (Å²) in [6.07, 6.45) is 0.757. The first-order valence-electron chi connectivity index (χ1n) is 8.25. The fourth-order valence-electron chi connectivity index (χ4n) is 2.20. The number of methoxy groups -OCH3 is 1. The number of carbonyl (C=O) groups excluding carboxylic acids is 2. The van der Waals surface area contributed by atoms with Crippen molar-refractivity contribution in [3.05, 3.63) is 64.1 Å². The van der Waals surface area contributed by atoms with Gasteiger partial charge in [0.1, 0.15) is 0 Å². The summed E-state index contributed by atoms with van der Waals surface area (Å²) >= 11 is 8.50. The number of benzene rings is 2. The minimum absolute atomic E-state index is 0.150. The first kappa shape index (κ1) is 21.0. The molecule has 3 N–H and O–H groups in total. The molecule has 0 spiro atoms. The Hall–Kier alpha value is -2.29. The van der Waals surface area contributed by atoms with E-state index in [4.69, 9.17) is 17.0 Å². The molecule has 0 aliphatic carbocycles. The molecule has 0 bridgehead atoms. The molecule has 0 saturated carbocycles. The smallest absolute Gasteiger partial charge is 0.258 e. The number of hydrogen-bond acceptors (Lipinski definition) is 4. The number of thiocarbonyl (C=S) groups is 1. The summed E-state index contributed by atoms with van der Waals surface area (Å²) < 4.78 is 5.63. The predicted octanol–water partition coefficient (Wildman–Crippen LogP) is 3.34. The van der Waals surface area contributed by atoms with Gasteiger partial charge in [0.15, 0.2) is 5.11 Å². The summed E-state index contributed by atoms with van der Waals surface area (Å²) in [4.78, 5) is 24.2. The molecule has 8 heteroatoms. The Bertz CT molecular complexity index is 812. The van der Waals surface area contributed by atoms with Crippen molar-refractivity contribution in [2.75, 3.05) is 25.6 Å². The van der Waals surface area contributed by atoms with Crippen molar-refractivity contribution >= 4 is 50.8 Å². The highest BCUT2D eigenvalue weighted by atomic mass is 79.9. The molecule has 6 nitrogen and oxygen atoms in total. The Kier molecular flexibility index (Phi) is 8.38. The van der Waals surface area contributed by atoms with Crippen molar-refractivity contribution < 1.29 is 14.3 Å². The number of amides is 2. The van der Waals surface area contributed by atoms with E-state index in [2.05, 4.69) is 31.9 Å². The molecule has 2 aromatic rings. The highest BCUT2D eigenvalue weighted by Gasteiger charge is 2.11. The van der Waals surface area contributed by atoms with E-state index in [0.717, 1.165) is 6.42 Å². The van der Waals surface area contributed by atoms with E-state index < -0.39 is 0 Å². The lowest BCUT2D eigenvalue weighted by Crippen LogP contribution is -2.34. The van der Waals surface area contributed by atoms with Crippen LogP contribution in [0.4, 0.5) is 5.69 Å². The van der Waals surface area contributed by atoms with E-state index in [1.807, 2.05) is 6.07 Å². The van der Waals surface area contributed by atoms with Crippen LogP contribution in [0.3, 0.4) is 0 Å². The molecule has 142 valence electrons. The molecule has 0 radical (unpaired) electrons. The third-order valence-corrected chi connectivity index (χ3v) is 4.46. The number of hydrogen-bond donors (Lipinski definition) is 3. The monoisotopic (exact) mass is 449 g/mol. The lowest BCUT2D eigenvalue weighted by molar-refractivity contribution is 0.0946. The largest absolute Gasteiger partial charge is 0.385 e. The molecule has 0 aromatic heterocycles. The second-order valence-electron chi connectivity index (χ2n) is 5.57. The van der Waals surface area contributed by atoms with Crippen molar-refractivity contribution in [2.45, 2.75) is 6.42 Å². The molecule has 0 heterocycles. The Morgan fingerprint density at radius 1 is 1.07 bits per heavy atom. The predicted molar refractivity (Wildman–Crippen MR) is 113 cm³/mol. The van der Waals surface area contributed by atoms with Crippen molar-refractivity contribution in [1.82, 2.24) is 10.6 Å². The normalized spacial score (nSPS) is 10.1. The molecule has 0 saturated heterocycles. The van der Waals surface area contributed by atoms with Gasteiger partial charge in [0.05, 0.1) is 5.56 Å². The van der Waals surface area contributed by atoms with Gasteiger partial charge < -0.3 is 15.4 Å². The van der Waals surface area contributed by atoms with Gasteiger partial charge in [-0.15, -0.1) is 0 Å². The zero-order chi connectivity index (χ0) is 19.6. The van der Waals surface area contributed by atoms with Crippen LogP contribution in [0.2, 0.25) is 0 Å². The van der Waals surface area contributed by atoms with Crippen molar-refractivity contribution in [2.24, 2.45) is 0 Å². The van der Waals surface area contributed by atoms with Crippen LogP contribution in [0, 0.1) is 0 Å². The van der Waals surface area contributed by atoms with Crippen LogP contribution in [0.1, 0.15) is 27.1 Å². The van der Waals surface area contributed by atoms with Crippen LogP contribution in [0.5, 0.6) is 0 Å². The maximum absolute atomic E-state index is 12.2. The van der Waals surface area contributed by atoms with Crippen LogP contribution in [0.15, 0.2) is 53.0 Å². The lowest BCUT2D eigenvalue weighted by Gasteiger charge is -2.11. The molecular formula is C19H20BrN3O3S. The number of rotatable bonds is 7. The van der Waals surface area contributed by atoms with E-state index in [1.54, 1.807) is 49.6 Å². The Labute approximate surface area is 171 Å². The maximum Gasteiger partial charge on any atom is 0.258 e. The molecule has 0 fully saturated rings. The molecule has 0 unspecified atom stereocenters. The Morgan fingerprint density at radius 2 is 1.78 bits per heavy atom. The minimum Gasteiger partial charge on any atom is -0.385 e. The van der Waals surface area contributed by atoms with Crippen LogP contribution in [-0.4, -0.2) is 37.2 Å². The average molecular weight is 450 g/mol. The molecule has 0 aliphatic heterocycles. The fourth-order valence-corrected chi connectivity index (χ4v) is 2.88. The van der Waals surface area contributed by atoms with Gasteiger partial charge in [-0.05, 0) is 71.0 Å². The summed E-state index contributed by atoms with van der Waals surface area (Å²) in [6.45, 7) is 1.16. The summed E-state index contributed by atoms with van der Waals surface area (Å²) in [5, 5.41) is 8.54. The maximum atomic E-state index is 12.2. The zero-order valence-corrected chi connectivity index (χ0v) is 17.2. The number of carbonyl (C=O) groups is 2. The van der Waals surface area contributed by atoms with Crippen LogP contribution in [0.25, 0.3) is 0 Å². The number of halogens is 1. The number of anilines is 1. The third-order valence-electron chi connectivity index (χ3n) is 3.56. The second-order valence-corrected chi connectivity index (χ2v) is 6.83. The van der Waals surface area contributed by atoms with Crippen molar-refractivity contribution in [3.8, 4) is 0 Å². The zero-order valence-electron chi connectivity index (χ0n) is 14.8. The highest BCUT2D eigenvalue weighted by Crippen LogP contribution is 2.15. The first-order chi connectivity index (χ1) is 13.0. The molecule has 2 rings (SSSR count). The van der Waals surface area contributed by atoms with Gasteiger partial charge in [-0.1, -0.05) is 12.1 Å². The second kappa shape index (κ2) is 10.8. The summed E-state index contributed by atoms with van der Waals surface area (Å²) in [5.41, 5.74) is 1.70. The summed E-state index contributed by atoms with van der Waals surface area (Å²) in [5.74, 6) is -0.463. The van der Waals surface area contributed by atoms with E-state index in [-0.39, 0.29) is 16.9 Å². The Balaban J connectivity index is 1.86. The van der Waals surface area contributed by atoms with Gasteiger partial charge in [0.25, 0.3) is 11.8 Å². The molecule has 27 heavy (non-hydrogen) atoms. The average Bonchev–Trinajstić information content (AvgIpc) is 2.66. The van der Waals surface area contributed by atoms with Crippen LogP contribution in [-0.2, 0) is 4.74 Å². The number of nitrogens with one attached hydrogen (secondary N) is 3. The molecule has 0 aliphatic rings. The van der Waals surface area contributed by atoms with E-state index in [0.29, 0.717) is 34.4 Å². The molecular weight excluding hydrogens is 430 g/mol. The van der Waals surface area contributed by atoms with Gasteiger partial charge >= 0.3 is 0 Å². The SMILES string of the molecule is COCCCNC(=O)c1ccc(NC(=S)NC(=O)c2ccccc2Br)cc1. The fraction of sp³-hybridized carbons (Fsp3) is 0.211. The van der Waals surface area contributed by atoms with Gasteiger partial charge in [-0.2, -0.15) is 0 Å². The van der Waals surface area contributed by atoms with E-state index in [9.17, 15) is 9.59 Å². The molecule has 2 amide bonds. The third kappa shape index (κ3) is 6.74. The van der Waals surface area contributed by atoms with E-state index >= 15 is 0 Å². The van der Waals surface area contributed by atoms with Gasteiger partial charge in [-0.3, -0.25) is 14.9 Å². The summed E-state index contributed by atoms with van der Waals surface area (Å²) in [6, 6.07) is 13.9. The van der Waals surface area contributed by atoms with Gasteiger partial charge in [-0.25, -0.2) is 0 Å². The first-order valence-corrected chi connectivity index (χ1v) is 9.45. The highest BCUT2D eigenvalue weighted by molar-refractivity contribution is 9.10. The lowest BCUT2D eigenvalue weighted by atomic mass is 10.2. The van der Waals surface area contributed by atoms with Crippen LogP contribution < -0.4 is 16.0 Å². The topological polar surface area (TPSA) is 79.5 Å². The van der Waals surface area contributed by atoms with Gasteiger partial charge in [0, 0.05) is 36.0 Å². The molecule has 2 aromatic carbocycles. The van der Waals surface area contributed by atoms with Crippen LogP contribution >= 0.6 is 28.1 Å². The number of ether oxygens (including phenoxy) is 1. The quantitative estimate of drug-likeness (QED) is 0.446. The minimum atomic E-state index is -0.313. The molecule has 0 atom stereocenters.